The van der Waals surface area contributed by atoms with Gasteiger partial charge in [0.25, 0.3) is 5.56 Å². The van der Waals surface area contributed by atoms with E-state index in [9.17, 15) is 4.79 Å². The molecule has 0 aliphatic heterocycles. The molecular formula is C15H17N3OS2. The van der Waals surface area contributed by atoms with Crippen molar-refractivity contribution in [3.63, 3.8) is 0 Å². The van der Waals surface area contributed by atoms with Gasteiger partial charge >= 0.3 is 0 Å². The first-order valence-electron chi connectivity index (χ1n) is 7.27. The molecule has 21 heavy (non-hydrogen) atoms. The van der Waals surface area contributed by atoms with Crippen LogP contribution in [0.1, 0.15) is 37.1 Å². The number of hydrogen-bond acceptors (Lipinski definition) is 5. The molecular weight excluding hydrogens is 302 g/mol. The van der Waals surface area contributed by atoms with Crippen LogP contribution in [0.25, 0.3) is 10.2 Å². The lowest BCUT2D eigenvalue weighted by Crippen LogP contribution is -2.23. The van der Waals surface area contributed by atoms with Crippen LogP contribution in [0, 0.1) is 11.3 Å². The zero-order valence-corrected chi connectivity index (χ0v) is 13.8. The van der Waals surface area contributed by atoms with Gasteiger partial charge in [-0.05, 0) is 45.1 Å². The summed E-state index contributed by atoms with van der Waals surface area (Å²) in [6.45, 7) is 4.38. The molecule has 110 valence electrons. The molecule has 0 unspecified atom stereocenters. The number of nitrogens with zero attached hydrogens (tertiary/aromatic N) is 3. The van der Waals surface area contributed by atoms with Crippen LogP contribution in [-0.4, -0.2) is 14.8 Å². The highest BCUT2D eigenvalue weighted by Gasteiger charge is 2.22. The van der Waals surface area contributed by atoms with Crippen molar-refractivity contribution in [1.29, 1.82) is 5.26 Å². The standard InChI is InChI=1S/C15H17N3OS2/c1-3-18-14(19)12-10-6-4-5-7-11(10)21-13(12)17-15(18)20-9(2)8-16/h9H,3-7H2,1-2H3/t9-/m1/s1. The summed E-state index contributed by atoms with van der Waals surface area (Å²) in [5.41, 5.74) is 1.29. The van der Waals surface area contributed by atoms with Gasteiger partial charge in [-0.25, -0.2) is 4.98 Å². The summed E-state index contributed by atoms with van der Waals surface area (Å²) in [5, 5.41) is 10.3. The highest BCUT2D eigenvalue weighted by molar-refractivity contribution is 8.00. The molecule has 0 spiro atoms. The third-order valence-corrected chi connectivity index (χ3v) is 5.99. The third-order valence-electron chi connectivity index (χ3n) is 3.82. The first-order valence-corrected chi connectivity index (χ1v) is 8.96. The Labute approximate surface area is 131 Å². The lowest BCUT2D eigenvalue weighted by Gasteiger charge is -2.12. The topological polar surface area (TPSA) is 58.7 Å². The van der Waals surface area contributed by atoms with Crippen LogP contribution in [0.2, 0.25) is 0 Å². The fourth-order valence-electron chi connectivity index (χ4n) is 2.77. The van der Waals surface area contributed by atoms with Gasteiger partial charge in [-0.15, -0.1) is 11.3 Å². The lowest BCUT2D eigenvalue weighted by molar-refractivity contribution is 0.633. The van der Waals surface area contributed by atoms with E-state index in [1.54, 1.807) is 15.9 Å². The van der Waals surface area contributed by atoms with E-state index in [-0.39, 0.29) is 10.8 Å². The minimum Gasteiger partial charge on any atom is -0.287 e. The van der Waals surface area contributed by atoms with Gasteiger partial charge < -0.3 is 0 Å². The van der Waals surface area contributed by atoms with Crippen molar-refractivity contribution in [3.8, 4) is 6.07 Å². The second kappa shape index (κ2) is 5.82. The maximum absolute atomic E-state index is 12.8. The van der Waals surface area contributed by atoms with Crippen LogP contribution in [0.5, 0.6) is 0 Å². The van der Waals surface area contributed by atoms with E-state index in [2.05, 4.69) is 6.07 Å². The molecule has 0 saturated carbocycles. The number of thioether (sulfide) groups is 1. The first kappa shape index (κ1) is 14.6. The van der Waals surface area contributed by atoms with Crippen LogP contribution in [0.3, 0.4) is 0 Å². The second-order valence-electron chi connectivity index (χ2n) is 5.22. The molecule has 0 radical (unpaired) electrons. The Kier molecular flexibility index (Phi) is 4.05. The van der Waals surface area contributed by atoms with Crippen molar-refractivity contribution < 1.29 is 0 Å². The van der Waals surface area contributed by atoms with Gasteiger partial charge in [-0.2, -0.15) is 5.26 Å². The number of thiophene rings is 1. The van der Waals surface area contributed by atoms with Crippen LogP contribution in [0.15, 0.2) is 9.95 Å². The van der Waals surface area contributed by atoms with E-state index in [1.165, 1.54) is 28.6 Å². The van der Waals surface area contributed by atoms with Crippen LogP contribution in [-0.2, 0) is 19.4 Å². The van der Waals surface area contributed by atoms with E-state index >= 15 is 0 Å². The van der Waals surface area contributed by atoms with E-state index in [4.69, 9.17) is 10.2 Å². The van der Waals surface area contributed by atoms with Crippen molar-refractivity contribution in [1.82, 2.24) is 9.55 Å². The summed E-state index contributed by atoms with van der Waals surface area (Å²) in [6, 6.07) is 2.19. The monoisotopic (exact) mass is 319 g/mol. The molecule has 2 aromatic rings. The van der Waals surface area contributed by atoms with Crippen LogP contribution < -0.4 is 5.56 Å². The number of nitriles is 1. The van der Waals surface area contributed by atoms with E-state index < -0.39 is 0 Å². The predicted molar refractivity (Wildman–Crippen MR) is 87.1 cm³/mol. The van der Waals surface area contributed by atoms with Gasteiger partial charge in [-0.3, -0.25) is 9.36 Å². The van der Waals surface area contributed by atoms with E-state index in [0.717, 1.165) is 29.5 Å². The van der Waals surface area contributed by atoms with E-state index in [0.29, 0.717) is 11.7 Å². The molecule has 2 aromatic heterocycles. The maximum Gasteiger partial charge on any atom is 0.263 e. The molecule has 0 N–H and O–H groups in total. The fraction of sp³-hybridized carbons (Fsp3) is 0.533. The summed E-state index contributed by atoms with van der Waals surface area (Å²) < 4.78 is 1.71. The highest BCUT2D eigenvalue weighted by Crippen LogP contribution is 2.35. The SMILES string of the molecule is CCn1c(S[C@H](C)C#N)nc2sc3c(c2c1=O)CCCC3. The Morgan fingerprint density at radius 1 is 1.48 bits per heavy atom. The number of aryl methyl sites for hydroxylation is 2. The van der Waals surface area contributed by atoms with Crippen molar-refractivity contribution >= 4 is 33.3 Å². The molecule has 1 atom stereocenters. The third kappa shape index (κ3) is 2.49. The molecule has 1 aliphatic carbocycles. The predicted octanol–water partition coefficient (Wildman–Crippen LogP) is 3.36. The van der Waals surface area contributed by atoms with Gasteiger partial charge in [0, 0.05) is 11.4 Å². The quantitative estimate of drug-likeness (QED) is 0.643. The summed E-state index contributed by atoms with van der Waals surface area (Å²) >= 11 is 3.03. The van der Waals surface area contributed by atoms with Crippen LogP contribution >= 0.6 is 23.1 Å². The van der Waals surface area contributed by atoms with Crippen LogP contribution in [0.4, 0.5) is 0 Å². The molecule has 1 aliphatic rings. The molecule has 0 bridgehead atoms. The van der Waals surface area contributed by atoms with Gasteiger partial charge in [-0.1, -0.05) is 11.8 Å². The Bertz CT molecular complexity index is 785. The van der Waals surface area contributed by atoms with Gasteiger partial charge in [0.1, 0.15) is 4.83 Å². The number of aromatic nitrogens is 2. The molecule has 2 heterocycles. The summed E-state index contributed by atoms with van der Waals surface area (Å²) in [4.78, 5) is 19.7. The summed E-state index contributed by atoms with van der Waals surface area (Å²) in [5.74, 6) is 0. The number of fused-ring (bicyclic) bond motifs is 3. The fourth-order valence-corrected chi connectivity index (χ4v) is 4.93. The van der Waals surface area contributed by atoms with Crippen molar-refractivity contribution in [3.05, 3.63) is 20.8 Å². The lowest BCUT2D eigenvalue weighted by atomic mass is 9.97. The van der Waals surface area contributed by atoms with Crippen molar-refractivity contribution in [2.75, 3.05) is 0 Å². The summed E-state index contributed by atoms with van der Waals surface area (Å²) in [7, 11) is 0. The Balaban J connectivity index is 2.23. The van der Waals surface area contributed by atoms with Crippen molar-refractivity contribution in [2.45, 2.75) is 56.5 Å². The molecule has 0 amide bonds. The highest BCUT2D eigenvalue weighted by atomic mass is 32.2. The Morgan fingerprint density at radius 2 is 2.24 bits per heavy atom. The normalized spacial score (nSPS) is 15.7. The molecule has 6 heteroatoms. The number of hydrogen-bond donors (Lipinski definition) is 0. The smallest absolute Gasteiger partial charge is 0.263 e. The van der Waals surface area contributed by atoms with Crippen molar-refractivity contribution in [2.24, 2.45) is 0 Å². The minimum absolute atomic E-state index is 0.0644. The average Bonchev–Trinajstić information content (AvgIpc) is 2.85. The molecule has 0 saturated heterocycles. The zero-order valence-electron chi connectivity index (χ0n) is 12.2. The minimum atomic E-state index is -0.207. The Morgan fingerprint density at radius 3 is 2.95 bits per heavy atom. The second-order valence-corrected chi connectivity index (χ2v) is 7.62. The largest absolute Gasteiger partial charge is 0.287 e. The molecule has 4 nitrogen and oxygen atoms in total. The molecule has 0 fully saturated rings. The average molecular weight is 319 g/mol. The zero-order chi connectivity index (χ0) is 15.0. The molecule has 0 aromatic carbocycles. The van der Waals surface area contributed by atoms with Gasteiger partial charge in [0.2, 0.25) is 0 Å². The number of rotatable bonds is 3. The summed E-state index contributed by atoms with van der Waals surface area (Å²) in [6.07, 6.45) is 4.43. The van der Waals surface area contributed by atoms with E-state index in [1.807, 2.05) is 13.8 Å². The Hall–Kier alpha value is -1.32. The first-order chi connectivity index (χ1) is 10.2. The maximum atomic E-state index is 12.8. The molecule has 3 rings (SSSR count). The van der Waals surface area contributed by atoms with Gasteiger partial charge in [0.15, 0.2) is 5.16 Å². The van der Waals surface area contributed by atoms with Gasteiger partial charge in [0.05, 0.1) is 16.7 Å².